The zero-order valence-electron chi connectivity index (χ0n) is 14.3. The van der Waals surface area contributed by atoms with Crippen LogP contribution in [-0.2, 0) is 16.1 Å². The lowest BCUT2D eigenvalue weighted by atomic mass is 10.1. The van der Waals surface area contributed by atoms with Gasteiger partial charge in [-0.05, 0) is 17.7 Å². The summed E-state index contributed by atoms with van der Waals surface area (Å²) in [5, 5.41) is 0. The lowest BCUT2D eigenvalue weighted by molar-refractivity contribution is -0.153. The molecular formula is C17H23N3O4. The predicted molar refractivity (Wildman–Crippen MR) is 87.7 cm³/mol. The summed E-state index contributed by atoms with van der Waals surface area (Å²) in [7, 11) is 5.08. The van der Waals surface area contributed by atoms with Crippen molar-refractivity contribution >= 4 is 11.9 Å². The van der Waals surface area contributed by atoms with E-state index in [1.807, 2.05) is 29.2 Å². The first-order valence-corrected chi connectivity index (χ1v) is 8.00. The number of urea groups is 1. The molecule has 3 amide bonds. The Hall–Kier alpha value is -2.28. The molecule has 1 aromatic carbocycles. The maximum atomic E-state index is 12.3. The minimum Gasteiger partial charge on any atom is -0.497 e. The minimum atomic E-state index is -0.121. The molecule has 2 fully saturated rings. The fourth-order valence-corrected chi connectivity index (χ4v) is 3.24. The molecule has 0 saturated carbocycles. The smallest absolute Gasteiger partial charge is 0.319 e. The summed E-state index contributed by atoms with van der Waals surface area (Å²) in [6.45, 7) is 1.61. The Morgan fingerprint density at radius 3 is 2.62 bits per heavy atom. The van der Waals surface area contributed by atoms with Crippen molar-refractivity contribution in [1.29, 1.82) is 0 Å². The van der Waals surface area contributed by atoms with Crippen molar-refractivity contribution in [3.05, 3.63) is 29.8 Å². The van der Waals surface area contributed by atoms with E-state index in [0.29, 0.717) is 19.6 Å². The van der Waals surface area contributed by atoms with Gasteiger partial charge in [-0.3, -0.25) is 4.79 Å². The average molecular weight is 333 g/mol. The first-order valence-electron chi connectivity index (χ1n) is 8.00. The predicted octanol–water partition coefficient (Wildman–Crippen LogP) is 0.788. The van der Waals surface area contributed by atoms with E-state index in [0.717, 1.165) is 11.3 Å². The monoisotopic (exact) mass is 333 g/mol. The van der Waals surface area contributed by atoms with Gasteiger partial charge in [0.1, 0.15) is 12.4 Å². The van der Waals surface area contributed by atoms with Crippen molar-refractivity contribution in [3.63, 3.8) is 0 Å². The summed E-state index contributed by atoms with van der Waals surface area (Å²) in [5.41, 5.74) is 1.03. The number of amides is 3. The molecule has 130 valence electrons. The molecule has 3 rings (SSSR count). The Kier molecular flexibility index (Phi) is 4.62. The Morgan fingerprint density at radius 2 is 2.00 bits per heavy atom. The van der Waals surface area contributed by atoms with Gasteiger partial charge >= 0.3 is 6.03 Å². The van der Waals surface area contributed by atoms with Crippen LogP contribution in [-0.4, -0.2) is 79.7 Å². The average Bonchev–Trinajstić information content (AvgIpc) is 3.01. The van der Waals surface area contributed by atoms with Gasteiger partial charge in [0.25, 0.3) is 0 Å². The van der Waals surface area contributed by atoms with Gasteiger partial charge in [0.2, 0.25) is 5.91 Å². The number of hydrogen-bond acceptors (Lipinski definition) is 4. The molecule has 2 saturated heterocycles. The van der Waals surface area contributed by atoms with Crippen LogP contribution in [0.4, 0.5) is 4.79 Å². The molecule has 7 heteroatoms. The van der Waals surface area contributed by atoms with E-state index in [1.54, 1.807) is 31.0 Å². The number of nitrogens with zero attached hydrogens (tertiary/aromatic N) is 3. The standard InChI is InChI=1S/C17H23N3O4/c1-18(2)17(22)19-9-14-15(10-19)24-11-16(21)20(14)8-12-4-6-13(23-3)7-5-12/h4-7,14-15H,8-11H2,1-3H3/t14-,15-/m0/s1. The maximum absolute atomic E-state index is 12.3. The van der Waals surface area contributed by atoms with Crippen molar-refractivity contribution < 1.29 is 19.1 Å². The Labute approximate surface area is 141 Å². The van der Waals surface area contributed by atoms with Crippen molar-refractivity contribution in [2.75, 3.05) is 40.9 Å². The number of ether oxygens (including phenoxy) is 2. The largest absolute Gasteiger partial charge is 0.497 e. The first kappa shape index (κ1) is 16.6. The molecule has 1 aromatic rings. The molecule has 0 spiro atoms. The van der Waals surface area contributed by atoms with Crippen LogP contribution in [0.25, 0.3) is 0 Å². The third kappa shape index (κ3) is 3.17. The number of fused-ring (bicyclic) bond motifs is 1. The number of methoxy groups -OCH3 is 1. The Morgan fingerprint density at radius 1 is 1.29 bits per heavy atom. The highest BCUT2D eigenvalue weighted by molar-refractivity contribution is 5.79. The van der Waals surface area contributed by atoms with Gasteiger partial charge in [0.05, 0.1) is 25.8 Å². The minimum absolute atomic E-state index is 0.0359. The summed E-state index contributed by atoms with van der Waals surface area (Å²) < 4.78 is 10.8. The van der Waals surface area contributed by atoms with Crippen LogP contribution in [0.1, 0.15) is 5.56 Å². The van der Waals surface area contributed by atoms with Crippen LogP contribution in [0, 0.1) is 0 Å². The number of morpholine rings is 1. The molecule has 0 unspecified atom stereocenters. The highest BCUT2D eigenvalue weighted by atomic mass is 16.5. The summed E-state index contributed by atoms with van der Waals surface area (Å²) >= 11 is 0. The van der Waals surface area contributed by atoms with Crippen molar-refractivity contribution in [2.24, 2.45) is 0 Å². The lowest BCUT2D eigenvalue weighted by Crippen LogP contribution is -2.53. The van der Waals surface area contributed by atoms with Crippen LogP contribution in [0.5, 0.6) is 5.75 Å². The molecule has 0 aromatic heterocycles. The zero-order chi connectivity index (χ0) is 17.3. The first-order chi connectivity index (χ1) is 11.5. The number of benzene rings is 1. The molecule has 2 aliphatic rings. The third-order valence-electron chi connectivity index (χ3n) is 4.54. The summed E-state index contributed by atoms with van der Waals surface area (Å²) in [6.07, 6.45) is -0.121. The molecule has 0 bridgehead atoms. The Bertz CT molecular complexity index is 617. The molecule has 0 aliphatic carbocycles. The summed E-state index contributed by atoms with van der Waals surface area (Å²) in [4.78, 5) is 29.6. The van der Waals surface area contributed by atoms with Gasteiger partial charge in [-0.25, -0.2) is 4.79 Å². The van der Waals surface area contributed by atoms with Crippen molar-refractivity contribution in [2.45, 2.75) is 18.7 Å². The third-order valence-corrected chi connectivity index (χ3v) is 4.54. The van der Waals surface area contributed by atoms with Gasteiger partial charge in [0, 0.05) is 27.2 Å². The molecule has 2 aliphatic heterocycles. The quantitative estimate of drug-likeness (QED) is 0.820. The fourth-order valence-electron chi connectivity index (χ4n) is 3.24. The van der Waals surface area contributed by atoms with E-state index >= 15 is 0 Å². The number of rotatable bonds is 3. The molecular weight excluding hydrogens is 310 g/mol. The lowest BCUT2D eigenvalue weighted by Gasteiger charge is -2.36. The highest BCUT2D eigenvalue weighted by Gasteiger charge is 2.44. The second kappa shape index (κ2) is 6.68. The van der Waals surface area contributed by atoms with Crippen LogP contribution >= 0.6 is 0 Å². The molecule has 2 heterocycles. The van der Waals surface area contributed by atoms with E-state index in [2.05, 4.69) is 0 Å². The van der Waals surface area contributed by atoms with E-state index in [4.69, 9.17) is 9.47 Å². The molecule has 0 radical (unpaired) electrons. The van der Waals surface area contributed by atoms with Crippen LogP contribution < -0.4 is 4.74 Å². The molecule has 0 N–H and O–H groups in total. The van der Waals surface area contributed by atoms with Gasteiger partial charge in [-0.2, -0.15) is 0 Å². The topological polar surface area (TPSA) is 62.3 Å². The second-order valence-corrected chi connectivity index (χ2v) is 6.37. The SMILES string of the molecule is COc1ccc(CN2C(=O)CO[C@H]3CN(C(=O)N(C)C)C[C@@H]32)cc1. The normalized spacial score (nSPS) is 23.2. The van der Waals surface area contributed by atoms with Gasteiger partial charge in [-0.1, -0.05) is 12.1 Å². The van der Waals surface area contributed by atoms with Crippen LogP contribution in [0.15, 0.2) is 24.3 Å². The molecule has 7 nitrogen and oxygen atoms in total. The summed E-state index contributed by atoms with van der Waals surface area (Å²) in [5.74, 6) is 0.750. The van der Waals surface area contributed by atoms with Crippen molar-refractivity contribution in [1.82, 2.24) is 14.7 Å². The van der Waals surface area contributed by atoms with E-state index < -0.39 is 0 Å². The highest BCUT2D eigenvalue weighted by Crippen LogP contribution is 2.26. The number of likely N-dealkylation sites (tertiary alicyclic amines) is 1. The number of carbonyl (C=O) groups is 2. The van der Waals surface area contributed by atoms with Crippen LogP contribution in [0.3, 0.4) is 0 Å². The summed E-state index contributed by atoms with van der Waals surface area (Å²) in [6, 6.07) is 7.52. The van der Waals surface area contributed by atoms with Crippen LogP contribution in [0.2, 0.25) is 0 Å². The van der Waals surface area contributed by atoms with E-state index in [9.17, 15) is 9.59 Å². The van der Waals surface area contributed by atoms with Gasteiger partial charge in [-0.15, -0.1) is 0 Å². The van der Waals surface area contributed by atoms with Gasteiger partial charge < -0.3 is 24.2 Å². The maximum Gasteiger partial charge on any atom is 0.319 e. The molecule has 2 atom stereocenters. The Balaban J connectivity index is 1.73. The fraction of sp³-hybridized carbons (Fsp3) is 0.529. The van der Waals surface area contributed by atoms with Gasteiger partial charge in [0.15, 0.2) is 0 Å². The second-order valence-electron chi connectivity index (χ2n) is 6.37. The van der Waals surface area contributed by atoms with E-state index in [-0.39, 0.29) is 30.7 Å². The molecule has 24 heavy (non-hydrogen) atoms. The number of carbonyl (C=O) groups excluding carboxylic acids is 2. The van der Waals surface area contributed by atoms with E-state index in [1.165, 1.54) is 0 Å². The number of hydrogen-bond donors (Lipinski definition) is 0. The zero-order valence-corrected chi connectivity index (χ0v) is 14.3. The van der Waals surface area contributed by atoms with Crippen molar-refractivity contribution in [3.8, 4) is 5.75 Å².